The van der Waals surface area contributed by atoms with Crippen molar-refractivity contribution in [3.63, 3.8) is 0 Å². The molecule has 1 unspecified atom stereocenters. The van der Waals surface area contributed by atoms with Gasteiger partial charge in [0.25, 0.3) is 0 Å². The average Bonchev–Trinajstić information content (AvgIpc) is 3.02. The Labute approximate surface area is 105 Å². The van der Waals surface area contributed by atoms with E-state index in [4.69, 9.17) is 4.74 Å². The molecule has 0 aromatic carbocycles. The summed E-state index contributed by atoms with van der Waals surface area (Å²) in [5.74, 6) is 0.985. The van der Waals surface area contributed by atoms with Crippen LogP contribution in [0.15, 0.2) is 18.6 Å². The molecule has 0 bridgehead atoms. The third-order valence-electron chi connectivity index (χ3n) is 3.35. The quantitative estimate of drug-likeness (QED) is 0.849. The molecule has 0 aliphatic carbocycles. The minimum absolute atomic E-state index is 0.228. The number of aromatic amines is 2. The number of ether oxygens (including phenoxy) is 1. The molecule has 1 saturated heterocycles. The first-order chi connectivity index (χ1) is 8.84. The van der Waals surface area contributed by atoms with Gasteiger partial charge in [-0.2, -0.15) is 5.10 Å². The highest BCUT2D eigenvalue weighted by molar-refractivity contribution is 5.18. The number of H-pyrrole nitrogens is 2. The van der Waals surface area contributed by atoms with Crippen LogP contribution >= 0.6 is 0 Å². The van der Waals surface area contributed by atoms with Crippen LogP contribution in [0.25, 0.3) is 0 Å². The first-order valence-corrected chi connectivity index (χ1v) is 6.14. The van der Waals surface area contributed by atoms with E-state index < -0.39 is 0 Å². The summed E-state index contributed by atoms with van der Waals surface area (Å²) in [6.45, 7) is 5.25. The molecule has 1 fully saturated rings. The number of hydrogen-bond acceptors (Lipinski definition) is 4. The van der Waals surface area contributed by atoms with Gasteiger partial charge in [0.05, 0.1) is 37.7 Å². The van der Waals surface area contributed by atoms with Gasteiger partial charge in [0.2, 0.25) is 0 Å². The fraction of sp³-hybridized carbons (Fsp3) is 0.500. The topological polar surface area (TPSA) is 69.8 Å². The van der Waals surface area contributed by atoms with Crippen molar-refractivity contribution >= 4 is 0 Å². The van der Waals surface area contributed by atoms with Crippen molar-refractivity contribution < 1.29 is 4.74 Å². The van der Waals surface area contributed by atoms with Crippen LogP contribution in [-0.2, 0) is 11.3 Å². The van der Waals surface area contributed by atoms with E-state index in [9.17, 15) is 0 Å². The second-order valence-electron chi connectivity index (χ2n) is 4.56. The van der Waals surface area contributed by atoms with Crippen molar-refractivity contribution in [2.24, 2.45) is 0 Å². The fourth-order valence-electron chi connectivity index (χ4n) is 2.36. The summed E-state index contributed by atoms with van der Waals surface area (Å²) >= 11 is 0. The number of nitrogens with one attached hydrogen (secondary N) is 2. The Balaban J connectivity index is 1.80. The summed E-state index contributed by atoms with van der Waals surface area (Å²) < 4.78 is 5.59. The van der Waals surface area contributed by atoms with Crippen LogP contribution in [0.3, 0.4) is 0 Å². The molecule has 1 aliphatic heterocycles. The number of hydrogen-bond donors (Lipinski definition) is 2. The van der Waals surface area contributed by atoms with Gasteiger partial charge in [0.1, 0.15) is 5.82 Å². The van der Waals surface area contributed by atoms with Gasteiger partial charge >= 0.3 is 0 Å². The average molecular weight is 247 g/mol. The van der Waals surface area contributed by atoms with Crippen LogP contribution in [0.2, 0.25) is 0 Å². The van der Waals surface area contributed by atoms with Gasteiger partial charge in [-0.3, -0.25) is 10.00 Å². The van der Waals surface area contributed by atoms with Crippen molar-refractivity contribution in [3.05, 3.63) is 35.7 Å². The largest absolute Gasteiger partial charge is 0.378 e. The second-order valence-corrected chi connectivity index (χ2v) is 4.56. The Hall–Kier alpha value is -1.66. The lowest BCUT2D eigenvalue weighted by Crippen LogP contribution is -2.39. The van der Waals surface area contributed by atoms with Gasteiger partial charge < -0.3 is 9.72 Å². The van der Waals surface area contributed by atoms with E-state index in [1.54, 1.807) is 6.20 Å². The summed E-state index contributed by atoms with van der Waals surface area (Å²) in [6.07, 6.45) is 5.49. The summed E-state index contributed by atoms with van der Waals surface area (Å²) in [7, 11) is 0. The predicted octanol–water partition coefficient (Wildman–Crippen LogP) is 1.01. The molecule has 6 heteroatoms. The number of nitrogens with zero attached hydrogens (tertiary/aromatic N) is 3. The van der Waals surface area contributed by atoms with E-state index in [0.29, 0.717) is 6.61 Å². The van der Waals surface area contributed by atoms with Gasteiger partial charge in [-0.25, -0.2) is 4.98 Å². The van der Waals surface area contributed by atoms with E-state index in [1.807, 2.05) is 12.4 Å². The summed E-state index contributed by atoms with van der Waals surface area (Å²) in [5, 5.41) is 7.18. The lowest BCUT2D eigenvalue weighted by molar-refractivity contribution is -0.0155. The van der Waals surface area contributed by atoms with Gasteiger partial charge in [-0.1, -0.05) is 0 Å². The maximum atomic E-state index is 5.59. The van der Waals surface area contributed by atoms with E-state index in [0.717, 1.165) is 31.2 Å². The highest BCUT2D eigenvalue weighted by Crippen LogP contribution is 2.25. The highest BCUT2D eigenvalue weighted by atomic mass is 16.5. The van der Waals surface area contributed by atoms with Crippen molar-refractivity contribution in [2.75, 3.05) is 19.8 Å². The Kier molecular flexibility index (Phi) is 3.12. The molecule has 2 aromatic rings. The normalized spacial score (nSPS) is 21.3. The molecule has 0 amide bonds. The second kappa shape index (κ2) is 4.91. The first-order valence-electron chi connectivity index (χ1n) is 6.14. The SMILES string of the molecule is Cc1cn[nH]c1C1COCCN1Cc1ncc[nH]1. The number of morpholine rings is 1. The van der Waals surface area contributed by atoms with Gasteiger partial charge in [-0.15, -0.1) is 0 Å². The van der Waals surface area contributed by atoms with Gasteiger partial charge in [-0.05, 0) is 12.5 Å². The van der Waals surface area contributed by atoms with Crippen molar-refractivity contribution in [1.82, 2.24) is 25.1 Å². The number of rotatable bonds is 3. The van der Waals surface area contributed by atoms with Crippen molar-refractivity contribution in [3.8, 4) is 0 Å². The maximum Gasteiger partial charge on any atom is 0.120 e. The molecule has 3 heterocycles. The lowest BCUT2D eigenvalue weighted by atomic mass is 10.1. The molecule has 0 saturated carbocycles. The first kappa shape index (κ1) is 11.4. The van der Waals surface area contributed by atoms with E-state index in [-0.39, 0.29) is 6.04 Å². The number of aromatic nitrogens is 4. The monoisotopic (exact) mass is 247 g/mol. The number of aryl methyl sites for hydroxylation is 1. The molecule has 0 radical (unpaired) electrons. The van der Waals surface area contributed by atoms with Crippen LogP contribution in [-0.4, -0.2) is 44.8 Å². The van der Waals surface area contributed by atoms with E-state index in [1.165, 1.54) is 5.56 Å². The summed E-state index contributed by atoms with van der Waals surface area (Å²) in [6, 6.07) is 0.228. The minimum Gasteiger partial charge on any atom is -0.378 e. The van der Waals surface area contributed by atoms with Gasteiger partial charge in [0.15, 0.2) is 0 Å². The molecule has 3 rings (SSSR count). The lowest BCUT2D eigenvalue weighted by Gasteiger charge is -2.34. The zero-order valence-corrected chi connectivity index (χ0v) is 10.4. The molecule has 2 N–H and O–H groups in total. The van der Waals surface area contributed by atoms with E-state index in [2.05, 4.69) is 32.0 Å². The Morgan fingerprint density at radius 3 is 3.22 bits per heavy atom. The molecule has 0 spiro atoms. The molecule has 1 aliphatic rings. The summed E-state index contributed by atoms with van der Waals surface area (Å²) in [5.41, 5.74) is 2.32. The highest BCUT2D eigenvalue weighted by Gasteiger charge is 2.27. The molecule has 1 atom stereocenters. The van der Waals surface area contributed by atoms with E-state index >= 15 is 0 Å². The Morgan fingerprint density at radius 2 is 2.50 bits per heavy atom. The Bertz CT molecular complexity index is 492. The fourth-order valence-corrected chi connectivity index (χ4v) is 2.36. The molecular formula is C12H17N5O. The molecule has 96 valence electrons. The van der Waals surface area contributed by atoms with Crippen LogP contribution in [0.1, 0.15) is 23.1 Å². The maximum absolute atomic E-state index is 5.59. The van der Waals surface area contributed by atoms with Gasteiger partial charge in [0, 0.05) is 18.9 Å². The van der Waals surface area contributed by atoms with Crippen LogP contribution in [0, 0.1) is 6.92 Å². The van der Waals surface area contributed by atoms with Crippen molar-refractivity contribution in [1.29, 1.82) is 0 Å². The van der Waals surface area contributed by atoms with Crippen molar-refractivity contribution in [2.45, 2.75) is 19.5 Å². The summed E-state index contributed by atoms with van der Waals surface area (Å²) in [4.78, 5) is 9.79. The zero-order chi connectivity index (χ0) is 12.4. The Morgan fingerprint density at radius 1 is 1.56 bits per heavy atom. The van der Waals surface area contributed by atoms with Crippen LogP contribution < -0.4 is 0 Å². The third kappa shape index (κ3) is 2.16. The zero-order valence-electron chi connectivity index (χ0n) is 10.4. The molecule has 18 heavy (non-hydrogen) atoms. The predicted molar refractivity (Wildman–Crippen MR) is 65.9 cm³/mol. The molecule has 2 aromatic heterocycles. The molecular weight excluding hydrogens is 230 g/mol. The smallest absolute Gasteiger partial charge is 0.120 e. The minimum atomic E-state index is 0.228. The van der Waals surface area contributed by atoms with Crippen LogP contribution in [0.5, 0.6) is 0 Å². The third-order valence-corrected chi connectivity index (χ3v) is 3.35. The standard InChI is InChI=1S/C12H17N5O/c1-9-6-15-16-12(9)10-8-18-5-4-17(10)7-11-13-2-3-14-11/h2-3,6,10H,4-5,7-8H2,1H3,(H,13,14)(H,15,16). The van der Waals surface area contributed by atoms with Crippen LogP contribution in [0.4, 0.5) is 0 Å². The number of imidazole rings is 1. The molecule has 6 nitrogen and oxygen atoms in total.